The minimum atomic E-state index is -0.300. The summed E-state index contributed by atoms with van der Waals surface area (Å²) in [5.74, 6) is -0.177. The zero-order valence-corrected chi connectivity index (χ0v) is 19.4. The molecular formula is C27H26N6O2. The predicted octanol–water partition coefficient (Wildman–Crippen LogP) is 3.38. The number of hydrogen-bond donors (Lipinski definition) is 2. The lowest BCUT2D eigenvalue weighted by Gasteiger charge is -2.18. The first-order chi connectivity index (χ1) is 17.0. The Hall–Kier alpha value is -4.46. The highest BCUT2D eigenvalue weighted by Gasteiger charge is 2.29. The van der Waals surface area contributed by atoms with Crippen LogP contribution < -0.4 is 11.1 Å². The second-order valence-corrected chi connectivity index (χ2v) is 8.72. The van der Waals surface area contributed by atoms with E-state index >= 15 is 0 Å². The number of carbonyl (C=O) groups is 2. The fraction of sp³-hybridized carbons (Fsp3) is 0.185. The molecule has 3 heterocycles. The Morgan fingerprint density at radius 3 is 2.54 bits per heavy atom. The van der Waals surface area contributed by atoms with Crippen molar-refractivity contribution in [2.24, 2.45) is 7.05 Å². The molecule has 176 valence electrons. The molecule has 2 aromatic heterocycles. The van der Waals surface area contributed by atoms with Gasteiger partial charge in [0, 0.05) is 55.3 Å². The van der Waals surface area contributed by atoms with Gasteiger partial charge in [-0.3, -0.25) is 14.3 Å². The third-order valence-electron chi connectivity index (χ3n) is 6.23. The highest BCUT2D eigenvalue weighted by atomic mass is 16.2. The van der Waals surface area contributed by atoms with Crippen LogP contribution in [-0.2, 0) is 7.05 Å². The molecule has 2 aromatic carbocycles. The van der Waals surface area contributed by atoms with Crippen molar-refractivity contribution >= 4 is 17.6 Å². The molecule has 0 saturated carbocycles. The Balaban J connectivity index is 1.26. The van der Waals surface area contributed by atoms with Gasteiger partial charge in [0.15, 0.2) is 0 Å². The lowest BCUT2D eigenvalue weighted by atomic mass is 10.0. The third-order valence-corrected chi connectivity index (χ3v) is 6.23. The van der Waals surface area contributed by atoms with Crippen LogP contribution in [-0.4, -0.2) is 50.6 Å². The average molecular weight is 467 g/mol. The fourth-order valence-electron chi connectivity index (χ4n) is 4.36. The van der Waals surface area contributed by atoms with Crippen LogP contribution in [0.1, 0.15) is 27.1 Å². The van der Waals surface area contributed by atoms with Crippen molar-refractivity contribution < 1.29 is 9.59 Å². The summed E-state index contributed by atoms with van der Waals surface area (Å²) in [4.78, 5) is 32.1. The van der Waals surface area contributed by atoms with Gasteiger partial charge in [-0.05, 0) is 35.7 Å². The number of hydrogen-bond acceptors (Lipinski definition) is 5. The molecule has 8 nitrogen and oxygen atoms in total. The molecule has 8 heteroatoms. The van der Waals surface area contributed by atoms with Gasteiger partial charge >= 0.3 is 0 Å². The number of pyridine rings is 1. The van der Waals surface area contributed by atoms with Crippen LogP contribution in [0.4, 0.5) is 5.82 Å². The van der Waals surface area contributed by atoms with Gasteiger partial charge < -0.3 is 16.0 Å². The third kappa shape index (κ3) is 4.77. The van der Waals surface area contributed by atoms with Gasteiger partial charge in [0.25, 0.3) is 11.8 Å². The van der Waals surface area contributed by atoms with E-state index in [1.54, 1.807) is 28.0 Å². The predicted molar refractivity (Wildman–Crippen MR) is 135 cm³/mol. The SMILES string of the molecule is Cn1cc(-c2cnc(N)c(C(=O)N[C@@H]3CCN(C(=O)c4cccc(-c5ccccc5)c4)C3)c2)cn1. The monoisotopic (exact) mass is 466 g/mol. The molecule has 1 saturated heterocycles. The molecule has 0 radical (unpaired) electrons. The molecule has 4 aromatic rings. The Labute approximate surface area is 203 Å². The molecule has 1 aliphatic heterocycles. The summed E-state index contributed by atoms with van der Waals surface area (Å²) in [6.07, 6.45) is 5.86. The van der Waals surface area contributed by atoms with Crippen LogP contribution in [0.25, 0.3) is 22.3 Å². The summed E-state index contributed by atoms with van der Waals surface area (Å²) in [6, 6.07) is 19.2. The summed E-state index contributed by atoms with van der Waals surface area (Å²) in [6.45, 7) is 1.01. The number of nitrogens with two attached hydrogens (primary N) is 1. The van der Waals surface area contributed by atoms with Gasteiger partial charge in [0.05, 0.1) is 11.8 Å². The van der Waals surface area contributed by atoms with Crippen molar-refractivity contribution in [2.45, 2.75) is 12.5 Å². The lowest BCUT2D eigenvalue weighted by molar-refractivity contribution is 0.0783. The largest absolute Gasteiger partial charge is 0.383 e. The summed E-state index contributed by atoms with van der Waals surface area (Å²) in [5.41, 5.74) is 10.6. The number of anilines is 1. The Kier molecular flexibility index (Phi) is 6.01. The van der Waals surface area contributed by atoms with E-state index in [1.165, 1.54) is 0 Å². The number of amides is 2. The molecule has 1 aliphatic rings. The maximum atomic E-state index is 13.2. The van der Waals surface area contributed by atoms with Crippen LogP contribution in [0.3, 0.4) is 0 Å². The Bertz CT molecular complexity index is 1380. The first-order valence-corrected chi connectivity index (χ1v) is 11.5. The topological polar surface area (TPSA) is 106 Å². The fourth-order valence-corrected chi connectivity index (χ4v) is 4.36. The van der Waals surface area contributed by atoms with E-state index < -0.39 is 0 Å². The van der Waals surface area contributed by atoms with Crippen molar-refractivity contribution in [3.05, 3.63) is 90.4 Å². The van der Waals surface area contributed by atoms with E-state index in [2.05, 4.69) is 15.4 Å². The molecule has 0 bridgehead atoms. The first kappa shape index (κ1) is 22.3. The number of nitrogen functional groups attached to an aromatic ring is 1. The number of nitrogens with one attached hydrogen (secondary N) is 1. The molecule has 1 atom stereocenters. The maximum absolute atomic E-state index is 13.2. The van der Waals surface area contributed by atoms with Crippen LogP contribution >= 0.6 is 0 Å². The number of aryl methyl sites for hydroxylation is 1. The zero-order chi connectivity index (χ0) is 24.4. The van der Waals surface area contributed by atoms with E-state index in [1.807, 2.05) is 67.8 Å². The van der Waals surface area contributed by atoms with Crippen LogP contribution in [0.2, 0.25) is 0 Å². The van der Waals surface area contributed by atoms with E-state index in [4.69, 9.17) is 5.73 Å². The van der Waals surface area contributed by atoms with Crippen LogP contribution in [0.5, 0.6) is 0 Å². The van der Waals surface area contributed by atoms with Gasteiger partial charge in [-0.2, -0.15) is 5.10 Å². The minimum absolute atomic E-state index is 0.0423. The van der Waals surface area contributed by atoms with Gasteiger partial charge in [-0.1, -0.05) is 42.5 Å². The van der Waals surface area contributed by atoms with Crippen molar-refractivity contribution in [1.82, 2.24) is 25.0 Å². The lowest BCUT2D eigenvalue weighted by Crippen LogP contribution is -2.38. The highest BCUT2D eigenvalue weighted by molar-refractivity contribution is 6.00. The molecule has 0 spiro atoms. The average Bonchev–Trinajstić information content (AvgIpc) is 3.53. The molecule has 2 amide bonds. The molecule has 1 fully saturated rings. The summed E-state index contributed by atoms with van der Waals surface area (Å²) >= 11 is 0. The standard InChI is InChI=1S/C27H26N6O2/c1-32-16-22(15-30-32)21-13-24(25(28)29-14-21)26(34)31-23-10-11-33(17-23)27(35)20-9-5-8-19(12-20)18-6-3-2-4-7-18/h2-9,12-16,23H,10-11,17H2,1H3,(H2,28,29)(H,31,34)/t23-/m1/s1. The second kappa shape index (κ2) is 9.42. The molecule has 0 aliphatic carbocycles. The summed E-state index contributed by atoms with van der Waals surface area (Å²) in [5, 5.41) is 7.18. The zero-order valence-electron chi connectivity index (χ0n) is 19.4. The number of carbonyl (C=O) groups excluding carboxylic acids is 2. The van der Waals surface area contributed by atoms with Gasteiger partial charge in [-0.25, -0.2) is 4.98 Å². The van der Waals surface area contributed by atoms with Crippen LogP contribution in [0, 0.1) is 0 Å². The first-order valence-electron chi connectivity index (χ1n) is 11.5. The number of likely N-dealkylation sites (tertiary alicyclic amines) is 1. The Morgan fingerprint density at radius 2 is 1.77 bits per heavy atom. The maximum Gasteiger partial charge on any atom is 0.255 e. The highest BCUT2D eigenvalue weighted by Crippen LogP contribution is 2.24. The minimum Gasteiger partial charge on any atom is -0.383 e. The smallest absolute Gasteiger partial charge is 0.255 e. The van der Waals surface area contributed by atoms with Crippen molar-refractivity contribution in [2.75, 3.05) is 18.8 Å². The number of aromatic nitrogens is 3. The van der Waals surface area contributed by atoms with Gasteiger partial charge in [0.1, 0.15) is 5.82 Å². The molecule has 3 N–H and O–H groups in total. The summed E-state index contributed by atoms with van der Waals surface area (Å²) < 4.78 is 1.69. The summed E-state index contributed by atoms with van der Waals surface area (Å²) in [7, 11) is 1.83. The van der Waals surface area contributed by atoms with Gasteiger partial charge in [0.2, 0.25) is 0 Å². The molecule has 35 heavy (non-hydrogen) atoms. The van der Waals surface area contributed by atoms with E-state index in [-0.39, 0.29) is 23.7 Å². The van der Waals surface area contributed by atoms with E-state index in [0.717, 1.165) is 22.3 Å². The van der Waals surface area contributed by atoms with Crippen molar-refractivity contribution in [3.63, 3.8) is 0 Å². The van der Waals surface area contributed by atoms with Crippen molar-refractivity contribution in [3.8, 4) is 22.3 Å². The normalized spacial score (nSPS) is 15.2. The van der Waals surface area contributed by atoms with E-state index in [0.29, 0.717) is 30.6 Å². The number of rotatable bonds is 5. The molecule has 0 unspecified atom stereocenters. The number of benzene rings is 2. The van der Waals surface area contributed by atoms with Gasteiger partial charge in [-0.15, -0.1) is 0 Å². The van der Waals surface area contributed by atoms with E-state index in [9.17, 15) is 9.59 Å². The van der Waals surface area contributed by atoms with Crippen LogP contribution in [0.15, 0.2) is 79.3 Å². The molecular weight excluding hydrogens is 440 g/mol. The molecule has 5 rings (SSSR count). The quantitative estimate of drug-likeness (QED) is 0.469. The second-order valence-electron chi connectivity index (χ2n) is 8.72. The van der Waals surface area contributed by atoms with Crippen molar-refractivity contribution in [1.29, 1.82) is 0 Å². The Morgan fingerprint density at radius 1 is 0.971 bits per heavy atom. The number of nitrogens with zero attached hydrogens (tertiary/aromatic N) is 4.